The fraction of sp³-hybridized carbons (Fsp3) is 0.333. The highest BCUT2D eigenvalue weighted by Crippen LogP contribution is 2.22. The number of aromatic nitrogens is 2. The smallest absolute Gasteiger partial charge is 0.139 e. The Bertz CT molecular complexity index is 598. The second-order valence-electron chi connectivity index (χ2n) is 4.61. The largest absolute Gasteiger partial charge is 0.383 e. The van der Waals surface area contributed by atoms with Gasteiger partial charge in [-0.1, -0.05) is 19.1 Å². The Morgan fingerprint density at radius 2 is 2.10 bits per heavy atom. The number of methoxy groups -OCH3 is 1. The third-order valence-corrected chi connectivity index (χ3v) is 3.05. The van der Waals surface area contributed by atoms with Crippen molar-refractivity contribution < 1.29 is 4.74 Å². The molecule has 0 saturated carbocycles. The lowest BCUT2D eigenvalue weighted by Crippen LogP contribution is -2.06. The minimum atomic E-state index is 0.521. The highest BCUT2D eigenvalue weighted by atomic mass is 16.5. The van der Waals surface area contributed by atoms with Crippen LogP contribution in [0.5, 0.6) is 0 Å². The summed E-state index contributed by atoms with van der Waals surface area (Å²) in [7, 11) is 1.68. The number of nitrogens with zero attached hydrogens (tertiary/aromatic N) is 2. The Hall–Kier alpha value is -2.14. The molecule has 20 heavy (non-hydrogen) atoms. The van der Waals surface area contributed by atoms with Crippen molar-refractivity contribution in [2.45, 2.75) is 26.9 Å². The van der Waals surface area contributed by atoms with Crippen molar-refractivity contribution in [3.63, 3.8) is 0 Å². The molecule has 0 bridgehead atoms. The minimum Gasteiger partial charge on any atom is -0.383 e. The molecular formula is C15H20N4O. The van der Waals surface area contributed by atoms with Crippen molar-refractivity contribution in [2.75, 3.05) is 18.2 Å². The molecule has 2 rings (SSSR count). The topological polar surface area (TPSA) is 73.1 Å². The molecule has 0 aliphatic rings. The Balaban J connectivity index is 2.29. The van der Waals surface area contributed by atoms with Gasteiger partial charge in [-0.05, 0) is 24.6 Å². The van der Waals surface area contributed by atoms with Crippen molar-refractivity contribution >= 4 is 17.3 Å². The van der Waals surface area contributed by atoms with Gasteiger partial charge in [0.2, 0.25) is 0 Å². The summed E-state index contributed by atoms with van der Waals surface area (Å²) in [5, 5.41) is 3.30. The van der Waals surface area contributed by atoms with Gasteiger partial charge in [0.1, 0.15) is 17.5 Å². The lowest BCUT2D eigenvalue weighted by atomic mass is 10.2. The molecule has 1 aromatic heterocycles. The van der Waals surface area contributed by atoms with E-state index in [-0.39, 0.29) is 0 Å². The fourth-order valence-corrected chi connectivity index (χ4v) is 1.90. The molecule has 5 nitrogen and oxygen atoms in total. The van der Waals surface area contributed by atoms with E-state index in [0.717, 1.165) is 34.9 Å². The number of anilines is 3. The second kappa shape index (κ2) is 6.34. The highest BCUT2D eigenvalue weighted by molar-refractivity contribution is 5.64. The zero-order chi connectivity index (χ0) is 14.5. The van der Waals surface area contributed by atoms with E-state index in [1.165, 1.54) is 0 Å². The van der Waals surface area contributed by atoms with E-state index < -0.39 is 0 Å². The van der Waals surface area contributed by atoms with Crippen LogP contribution in [0.4, 0.5) is 17.3 Å². The van der Waals surface area contributed by atoms with Gasteiger partial charge < -0.3 is 15.8 Å². The van der Waals surface area contributed by atoms with Crippen LogP contribution in [0.25, 0.3) is 0 Å². The Morgan fingerprint density at radius 1 is 1.30 bits per heavy atom. The van der Waals surface area contributed by atoms with Gasteiger partial charge in [-0.25, -0.2) is 9.97 Å². The zero-order valence-corrected chi connectivity index (χ0v) is 12.1. The molecule has 3 N–H and O–H groups in total. The number of ether oxygens (including phenoxy) is 1. The molecule has 106 valence electrons. The minimum absolute atomic E-state index is 0.521. The van der Waals surface area contributed by atoms with Crippen molar-refractivity contribution in [1.82, 2.24) is 9.97 Å². The zero-order valence-electron chi connectivity index (χ0n) is 12.1. The number of rotatable bonds is 5. The van der Waals surface area contributed by atoms with Crippen LogP contribution >= 0.6 is 0 Å². The number of nitrogens with two attached hydrogens (primary N) is 1. The first kappa shape index (κ1) is 14.3. The lowest BCUT2D eigenvalue weighted by Gasteiger charge is -2.12. The lowest BCUT2D eigenvalue weighted by molar-refractivity contribution is 0.185. The first-order chi connectivity index (χ1) is 9.63. The molecule has 0 aliphatic carbocycles. The number of nitrogen functional groups attached to an aromatic ring is 1. The summed E-state index contributed by atoms with van der Waals surface area (Å²) in [6.07, 6.45) is 0.753. The normalized spacial score (nSPS) is 10.6. The SMILES string of the molecule is CCc1nc(N)c(C)c(Nc2cccc(COC)c2)n1. The van der Waals surface area contributed by atoms with E-state index in [9.17, 15) is 0 Å². The van der Waals surface area contributed by atoms with E-state index in [0.29, 0.717) is 12.4 Å². The number of aryl methyl sites for hydroxylation is 1. The quantitative estimate of drug-likeness (QED) is 0.875. The monoisotopic (exact) mass is 272 g/mol. The van der Waals surface area contributed by atoms with Crippen LogP contribution < -0.4 is 11.1 Å². The van der Waals surface area contributed by atoms with Crippen LogP contribution in [-0.4, -0.2) is 17.1 Å². The molecule has 0 amide bonds. The summed E-state index contributed by atoms with van der Waals surface area (Å²) in [4.78, 5) is 8.74. The van der Waals surface area contributed by atoms with Gasteiger partial charge in [0.05, 0.1) is 6.61 Å². The average Bonchev–Trinajstić information content (AvgIpc) is 2.44. The Labute approximate surface area is 119 Å². The molecule has 0 fully saturated rings. The molecule has 0 spiro atoms. The van der Waals surface area contributed by atoms with Crippen LogP contribution in [0.2, 0.25) is 0 Å². The molecule has 0 radical (unpaired) electrons. The maximum absolute atomic E-state index is 5.92. The van der Waals surface area contributed by atoms with Crippen LogP contribution in [0, 0.1) is 6.92 Å². The molecule has 0 atom stereocenters. The first-order valence-corrected chi connectivity index (χ1v) is 6.62. The molecule has 1 heterocycles. The summed E-state index contributed by atoms with van der Waals surface area (Å²) in [6.45, 7) is 4.50. The predicted molar refractivity (Wildman–Crippen MR) is 81.0 cm³/mol. The second-order valence-corrected chi connectivity index (χ2v) is 4.61. The van der Waals surface area contributed by atoms with Gasteiger partial charge in [0.25, 0.3) is 0 Å². The van der Waals surface area contributed by atoms with E-state index in [1.807, 2.05) is 38.1 Å². The van der Waals surface area contributed by atoms with E-state index in [2.05, 4.69) is 15.3 Å². The summed E-state index contributed by atoms with van der Waals surface area (Å²) >= 11 is 0. The molecule has 1 aromatic carbocycles. The van der Waals surface area contributed by atoms with Crippen LogP contribution in [-0.2, 0) is 17.8 Å². The third-order valence-electron chi connectivity index (χ3n) is 3.05. The molecule has 5 heteroatoms. The Morgan fingerprint density at radius 3 is 2.80 bits per heavy atom. The average molecular weight is 272 g/mol. The fourth-order valence-electron chi connectivity index (χ4n) is 1.90. The van der Waals surface area contributed by atoms with Gasteiger partial charge in [0, 0.05) is 24.8 Å². The van der Waals surface area contributed by atoms with Crippen LogP contribution in [0.3, 0.4) is 0 Å². The van der Waals surface area contributed by atoms with Crippen molar-refractivity contribution in [3.8, 4) is 0 Å². The third kappa shape index (κ3) is 3.24. The summed E-state index contributed by atoms with van der Waals surface area (Å²) in [5.41, 5.74) is 8.84. The van der Waals surface area contributed by atoms with Gasteiger partial charge in [-0.15, -0.1) is 0 Å². The van der Waals surface area contributed by atoms with E-state index in [4.69, 9.17) is 10.5 Å². The molecule has 2 aromatic rings. The van der Waals surface area contributed by atoms with Gasteiger partial charge in [-0.2, -0.15) is 0 Å². The van der Waals surface area contributed by atoms with E-state index in [1.54, 1.807) is 7.11 Å². The predicted octanol–water partition coefficient (Wildman–Crippen LogP) is 2.82. The van der Waals surface area contributed by atoms with Gasteiger partial charge in [-0.3, -0.25) is 0 Å². The van der Waals surface area contributed by atoms with Crippen molar-refractivity contribution in [1.29, 1.82) is 0 Å². The number of benzene rings is 1. The van der Waals surface area contributed by atoms with Crippen molar-refractivity contribution in [2.24, 2.45) is 0 Å². The maximum atomic E-state index is 5.92. The van der Waals surface area contributed by atoms with Crippen molar-refractivity contribution in [3.05, 3.63) is 41.2 Å². The van der Waals surface area contributed by atoms with Gasteiger partial charge in [0.15, 0.2) is 0 Å². The molecule has 0 saturated heterocycles. The summed E-state index contributed by atoms with van der Waals surface area (Å²) < 4.78 is 5.14. The van der Waals surface area contributed by atoms with Gasteiger partial charge >= 0.3 is 0 Å². The molecule has 0 aliphatic heterocycles. The first-order valence-electron chi connectivity index (χ1n) is 6.62. The highest BCUT2D eigenvalue weighted by Gasteiger charge is 2.08. The van der Waals surface area contributed by atoms with Crippen LogP contribution in [0.15, 0.2) is 24.3 Å². The number of hydrogen-bond donors (Lipinski definition) is 2. The summed E-state index contributed by atoms with van der Waals surface area (Å²) in [5.74, 6) is 2.01. The maximum Gasteiger partial charge on any atom is 0.139 e. The number of nitrogens with one attached hydrogen (secondary N) is 1. The van der Waals surface area contributed by atoms with Crippen LogP contribution in [0.1, 0.15) is 23.9 Å². The molecule has 0 unspecified atom stereocenters. The standard InChI is InChI=1S/C15H20N4O/c1-4-13-18-14(16)10(2)15(19-13)17-12-7-5-6-11(8-12)9-20-3/h5-8H,4,9H2,1-3H3,(H3,16,17,18,19). The molecular weight excluding hydrogens is 252 g/mol. The Kier molecular flexibility index (Phi) is 4.53. The number of hydrogen-bond acceptors (Lipinski definition) is 5. The summed E-state index contributed by atoms with van der Waals surface area (Å²) in [6, 6.07) is 8.03. The van der Waals surface area contributed by atoms with E-state index >= 15 is 0 Å².